The molecule has 1 heteroatoms. The van der Waals surface area contributed by atoms with Crippen molar-refractivity contribution < 1.29 is 0 Å². The van der Waals surface area contributed by atoms with E-state index < -0.39 is 0 Å². The molecular weight excluding hydrogens is 230 g/mol. The summed E-state index contributed by atoms with van der Waals surface area (Å²) in [7, 11) is 0. The highest BCUT2D eigenvalue weighted by molar-refractivity contribution is 5.93. The van der Waals surface area contributed by atoms with Crippen LogP contribution in [0.1, 0.15) is 32.3 Å². The molecule has 0 aliphatic rings. The lowest BCUT2D eigenvalue weighted by molar-refractivity contribution is 0.678. The first-order chi connectivity index (χ1) is 9.33. The summed E-state index contributed by atoms with van der Waals surface area (Å²) in [5.41, 5.74) is 2.73. The quantitative estimate of drug-likeness (QED) is 0.740. The summed E-state index contributed by atoms with van der Waals surface area (Å²) in [6.45, 7) is 6.59. The number of fused-ring (bicyclic) bond motifs is 1. The van der Waals surface area contributed by atoms with Crippen LogP contribution >= 0.6 is 0 Å². The van der Waals surface area contributed by atoms with Crippen molar-refractivity contribution in [2.75, 3.05) is 13.1 Å². The second-order valence-corrected chi connectivity index (χ2v) is 4.95. The molecule has 0 fully saturated rings. The minimum Gasteiger partial charge on any atom is -0.316 e. The minimum absolute atomic E-state index is 1.07. The number of allylic oxidation sites excluding steroid dienone is 1. The molecule has 0 amide bonds. The molecule has 0 heterocycles. The van der Waals surface area contributed by atoms with Gasteiger partial charge < -0.3 is 5.32 Å². The molecule has 2 rings (SSSR count). The zero-order valence-corrected chi connectivity index (χ0v) is 11.9. The molecule has 0 atom stereocenters. The maximum atomic E-state index is 3.43. The van der Waals surface area contributed by atoms with E-state index in [4.69, 9.17) is 0 Å². The van der Waals surface area contributed by atoms with Crippen LogP contribution in [0.4, 0.5) is 0 Å². The summed E-state index contributed by atoms with van der Waals surface area (Å²) in [5, 5.41) is 6.10. The topological polar surface area (TPSA) is 12.0 Å². The SMILES string of the molecule is CCCNCCC=C(C)c1cccc2ccccc12. The van der Waals surface area contributed by atoms with Crippen LogP contribution in [0.5, 0.6) is 0 Å². The van der Waals surface area contributed by atoms with E-state index in [1.807, 2.05) is 0 Å². The molecule has 2 aromatic rings. The van der Waals surface area contributed by atoms with Crippen molar-refractivity contribution in [2.45, 2.75) is 26.7 Å². The fourth-order valence-electron chi connectivity index (χ4n) is 2.37. The Morgan fingerprint density at radius 2 is 1.84 bits per heavy atom. The van der Waals surface area contributed by atoms with Gasteiger partial charge in [-0.3, -0.25) is 0 Å². The number of benzene rings is 2. The standard InChI is InChI=1S/C18H23N/c1-3-13-19-14-7-8-15(2)17-12-6-10-16-9-4-5-11-18(16)17/h4-6,8-12,19H,3,7,13-14H2,1-2H3. The molecule has 0 aliphatic heterocycles. The van der Waals surface area contributed by atoms with Gasteiger partial charge in [0.2, 0.25) is 0 Å². The predicted octanol–water partition coefficient (Wildman–Crippen LogP) is 4.63. The number of rotatable bonds is 6. The molecule has 0 saturated heterocycles. The van der Waals surface area contributed by atoms with Crippen molar-refractivity contribution in [1.29, 1.82) is 0 Å². The van der Waals surface area contributed by atoms with E-state index >= 15 is 0 Å². The molecule has 0 bridgehead atoms. The third kappa shape index (κ3) is 3.68. The average Bonchev–Trinajstić information content (AvgIpc) is 2.46. The molecular formula is C18H23N. The third-order valence-electron chi connectivity index (χ3n) is 3.41. The Balaban J connectivity index is 2.12. The van der Waals surface area contributed by atoms with Gasteiger partial charge in [-0.15, -0.1) is 0 Å². The molecule has 0 radical (unpaired) electrons. The highest BCUT2D eigenvalue weighted by atomic mass is 14.8. The van der Waals surface area contributed by atoms with Crippen LogP contribution in [0, 0.1) is 0 Å². The van der Waals surface area contributed by atoms with Crippen LogP contribution in [0.25, 0.3) is 16.3 Å². The first-order valence-corrected chi connectivity index (χ1v) is 7.18. The van der Waals surface area contributed by atoms with E-state index in [0.717, 1.165) is 19.5 Å². The summed E-state index contributed by atoms with van der Waals surface area (Å²) < 4.78 is 0. The van der Waals surface area contributed by atoms with Crippen LogP contribution in [0.15, 0.2) is 48.5 Å². The van der Waals surface area contributed by atoms with E-state index in [9.17, 15) is 0 Å². The van der Waals surface area contributed by atoms with Crippen molar-refractivity contribution in [2.24, 2.45) is 0 Å². The van der Waals surface area contributed by atoms with Gasteiger partial charge in [-0.05, 0) is 54.8 Å². The highest BCUT2D eigenvalue weighted by Crippen LogP contribution is 2.24. The van der Waals surface area contributed by atoms with Crippen LogP contribution in [-0.2, 0) is 0 Å². The van der Waals surface area contributed by atoms with Gasteiger partial charge in [0.05, 0.1) is 0 Å². The summed E-state index contributed by atoms with van der Waals surface area (Å²) in [6, 6.07) is 15.1. The molecule has 19 heavy (non-hydrogen) atoms. The van der Waals surface area contributed by atoms with Gasteiger partial charge in [0.1, 0.15) is 0 Å². The Morgan fingerprint density at radius 1 is 1.05 bits per heavy atom. The van der Waals surface area contributed by atoms with Crippen LogP contribution < -0.4 is 5.32 Å². The van der Waals surface area contributed by atoms with Crippen molar-refractivity contribution >= 4 is 16.3 Å². The van der Waals surface area contributed by atoms with Crippen molar-refractivity contribution in [3.8, 4) is 0 Å². The molecule has 0 aliphatic carbocycles. The first-order valence-electron chi connectivity index (χ1n) is 7.18. The van der Waals surface area contributed by atoms with Gasteiger partial charge in [-0.1, -0.05) is 55.5 Å². The van der Waals surface area contributed by atoms with Crippen LogP contribution in [0.2, 0.25) is 0 Å². The van der Waals surface area contributed by atoms with E-state index in [1.54, 1.807) is 0 Å². The van der Waals surface area contributed by atoms with E-state index in [1.165, 1.54) is 28.3 Å². The highest BCUT2D eigenvalue weighted by Gasteiger charge is 2.01. The van der Waals surface area contributed by atoms with Crippen LogP contribution in [-0.4, -0.2) is 13.1 Å². The van der Waals surface area contributed by atoms with Gasteiger partial charge in [-0.25, -0.2) is 0 Å². The van der Waals surface area contributed by atoms with Gasteiger partial charge in [0.25, 0.3) is 0 Å². The zero-order chi connectivity index (χ0) is 13.5. The smallest absolute Gasteiger partial charge is 0.00141 e. The second-order valence-electron chi connectivity index (χ2n) is 4.95. The predicted molar refractivity (Wildman–Crippen MR) is 85.4 cm³/mol. The van der Waals surface area contributed by atoms with Gasteiger partial charge in [-0.2, -0.15) is 0 Å². The number of nitrogens with one attached hydrogen (secondary N) is 1. The Morgan fingerprint density at radius 3 is 2.68 bits per heavy atom. The number of hydrogen-bond acceptors (Lipinski definition) is 1. The molecule has 0 unspecified atom stereocenters. The molecule has 1 N–H and O–H groups in total. The first kappa shape index (κ1) is 13.8. The van der Waals surface area contributed by atoms with E-state index in [-0.39, 0.29) is 0 Å². The van der Waals surface area contributed by atoms with Crippen molar-refractivity contribution in [3.05, 3.63) is 54.1 Å². The summed E-state index contributed by atoms with van der Waals surface area (Å²) in [4.78, 5) is 0. The van der Waals surface area contributed by atoms with E-state index in [2.05, 4.69) is 67.7 Å². The molecule has 1 nitrogen and oxygen atoms in total. The lowest BCUT2D eigenvalue weighted by atomic mass is 9.98. The Labute approximate surface area is 116 Å². The van der Waals surface area contributed by atoms with Gasteiger partial charge in [0.15, 0.2) is 0 Å². The third-order valence-corrected chi connectivity index (χ3v) is 3.41. The molecule has 100 valence electrons. The van der Waals surface area contributed by atoms with Gasteiger partial charge >= 0.3 is 0 Å². The van der Waals surface area contributed by atoms with Crippen LogP contribution in [0.3, 0.4) is 0 Å². The molecule has 0 aromatic heterocycles. The Kier molecular flexibility index (Phi) is 5.17. The van der Waals surface area contributed by atoms with Crippen molar-refractivity contribution in [3.63, 3.8) is 0 Å². The van der Waals surface area contributed by atoms with Crippen molar-refractivity contribution in [1.82, 2.24) is 5.32 Å². The molecule has 0 saturated carbocycles. The zero-order valence-electron chi connectivity index (χ0n) is 11.9. The Bertz CT molecular complexity index is 549. The average molecular weight is 253 g/mol. The monoisotopic (exact) mass is 253 g/mol. The number of hydrogen-bond donors (Lipinski definition) is 1. The summed E-state index contributed by atoms with van der Waals surface area (Å²) >= 11 is 0. The van der Waals surface area contributed by atoms with Gasteiger partial charge in [0, 0.05) is 0 Å². The lowest BCUT2D eigenvalue weighted by Crippen LogP contribution is -2.15. The summed E-state index contributed by atoms with van der Waals surface area (Å²) in [6.07, 6.45) is 4.63. The maximum Gasteiger partial charge on any atom is -0.00141 e. The molecule has 2 aromatic carbocycles. The summed E-state index contributed by atoms with van der Waals surface area (Å²) in [5.74, 6) is 0. The fraction of sp³-hybridized carbons (Fsp3) is 0.333. The molecule has 0 spiro atoms. The Hall–Kier alpha value is -1.60. The lowest BCUT2D eigenvalue weighted by Gasteiger charge is -2.07. The largest absolute Gasteiger partial charge is 0.316 e. The fourth-order valence-corrected chi connectivity index (χ4v) is 2.37. The maximum absolute atomic E-state index is 3.43. The second kappa shape index (κ2) is 7.10. The van der Waals surface area contributed by atoms with E-state index in [0.29, 0.717) is 0 Å². The minimum atomic E-state index is 1.07. The normalized spacial score (nSPS) is 12.0.